The van der Waals surface area contributed by atoms with Crippen molar-refractivity contribution in [1.82, 2.24) is 20.1 Å². The predicted molar refractivity (Wildman–Crippen MR) is 159 cm³/mol. The number of methoxy groups -OCH3 is 2. The van der Waals surface area contributed by atoms with E-state index in [0.29, 0.717) is 43.0 Å². The topological polar surface area (TPSA) is 87.2 Å². The van der Waals surface area contributed by atoms with Crippen LogP contribution in [0.5, 0.6) is 11.5 Å². The monoisotopic (exact) mass is 557 g/mol. The van der Waals surface area contributed by atoms with E-state index < -0.39 is 0 Å². The van der Waals surface area contributed by atoms with Gasteiger partial charge >= 0.3 is 0 Å². The summed E-state index contributed by atoms with van der Waals surface area (Å²) in [7, 11) is 3.23. The van der Waals surface area contributed by atoms with Crippen molar-refractivity contribution < 1.29 is 19.1 Å². The van der Waals surface area contributed by atoms with Gasteiger partial charge in [0.2, 0.25) is 0 Å². The van der Waals surface area contributed by atoms with Crippen molar-refractivity contribution in [3.05, 3.63) is 83.2 Å². The summed E-state index contributed by atoms with van der Waals surface area (Å²) in [6.07, 6.45) is 4.59. The van der Waals surface area contributed by atoms with E-state index in [4.69, 9.17) is 9.47 Å². The number of fused-ring (bicyclic) bond motifs is 1. The average Bonchev–Trinajstić information content (AvgIpc) is 3.37. The Morgan fingerprint density at radius 2 is 1.76 bits per heavy atom. The van der Waals surface area contributed by atoms with E-state index in [9.17, 15) is 9.59 Å². The molecule has 9 nitrogen and oxygen atoms in total. The van der Waals surface area contributed by atoms with Gasteiger partial charge < -0.3 is 29.5 Å². The molecule has 2 amide bonds. The number of nitrogens with zero attached hydrogens (tertiary/aromatic N) is 4. The van der Waals surface area contributed by atoms with Crippen molar-refractivity contribution in [1.29, 1.82) is 0 Å². The largest absolute Gasteiger partial charge is 0.493 e. The zero-order chi connectivity index (χ0) is 28.8. The molecular formula is C32H39N5O4. The fraction of sp³-hybridized carbons (Fsp3) is 0.406. The Kier molecular flexibility index (Phi) is 9.04. The molecule has 2 aliphatic rings. The van der Waals surface area contributed by atoms with E-state index in [1.165, 1.54) is 0 Å². The normalized spacial score (nSPS) is 15.9. The Balaban J connectivity index is 1.37. The van der Waals surface area contributed by atoms with Gasteiger partial charge in [-0.25, -0.2) is 0 Å². The minimum atomic E-state index is -0.197. The SMILES string of the molecule is CCN1CCN(c2cccc3c2CN(C(CCCNC(=O)c2ccncc2)c2ccc(OC)c(OC)c2)C3=O)CC1. The van der Waals surface area contributed by atoms with E-state index in [-0.39, 0.29) is 17.9 Å². The first-order valence-electron chi connectivity index (χ1n) is 14.3. The van der Waals surface area contributed by atoms with Gasteiger partial charge in [0.15, 0.2) is 11.5 Å². The first-order chi connectivity index (χ1) is 20.0. The maximum Gasteiger partial charge on any atom is 0.255 e. The number of rotatable bonds is 11. The number of hydrogen-bond acceptors (Lipinski definition) is 7. The third-order valence-corrected chi connectivity index (χ3v) is 8.18. The fourth-order valence-corrected chi connectivity index (χ4v) is 5.86. The van der Waals surface area contributed by atoms with Crippen LogP contribution in [0.1, 0.15) is 57.7 Å². The highest BCUT2D eigenvalue weighted by Gasteiger charge is 2.36. The van der Waals surface area contributed by atoms with Gasteiger partial charge in [-0.2, -0.15) is 0 Å². The highest BCUT2D eigenvalue weighted by Crippen LogP contribution is 2.40. The summed E-state index contributed by atoms with van der Waals surface area (Å²) in [5.41, 5.74) is 4.58. The number of nitrogens with one attached hydrogen (secondary N) is 1. The van der Waals surface area contributed by atoms with Crippen LogP contribution in [0.25, 0.3) is 0 Å². The van der Waals surface area contributed by atoms with Gasteiger partial charge in [-0.15, -0.1) is 0 Å². The lowest BCUT2D eigenvalue weighted by atomic mass is 9.99. The fourth-order valence-electron chi connectivity index (χ4n) is 5.86. The van der Waals surface area contributed by atoms with Crippen LogP contribution >= 0.6 is 0 Å². The second kappa shape index (κ2) is 13.0. The molecule has 1 N–H and O–H groups in total. The van der Waals surface area contributed by atoms with Crippen molar-refractivity contribution in [3.8, 4) is 11.5 Å². The van der Waals surface area contributed by atoms with E-state index >= 15 is 0 Å². The minimum Gasteiger partial charge on any atom is -0.493 e. The van der Waals surface area contributed by atoms with Crippen molar-refractivity contribution in [3.63, 3.8) is 0 Å². The number of carbonyl (C=O) groups excluding carboxylic acids is 2. The average molecular weight is 558 g/mol. The van der Waals surface area contributed by atoms with Crippen molar-refractivity contribution in [2.24, 2.45) is 0 Å². The lowest BCUT2D eigenvalue weighted by molar-refractivity contribution is 0.0687. The number of pyridine rings is 1. The molecule has 0 bridgehead atoms. The number of likely N-dealkylation sites (N-methyl/N-ethyl adjacent to an activating group) is 1. The summed E-state index contributed by atoms with van der Waals surface area (Å²) in [5, 5.41) is 3.00. The van der Waals surface area contributed by atoms with Crippen LogP contribution in [0.15, 0.2) is 60.9 Å². The minimum absolute atomic E-state index is 0.0367. The Labute approximate surface area is 242 Å². The van der Waals surface area contributed by atoms with Crippen molar-refractivity contribution in [2.75, 3.05) is 58.4 Å². The van der Waals surface area contributed by atoms with Crippen LogP contribution in [0.4, 0.5) is 5.69 Å². The van der Waals surface area contributed by atoms with Crippen LogP contribution in [0.2, 0.25) is 0 Å². The van der Waals surface area contributed by atoms with E-state index in [0.717, 1.165) is 55.1 Å². The van der Waals surface area contributed by atoms with Crippen LogP contribution in [-0.4, -0.2) is 80.1 Å². The molecule has 1 aromatic heterocycles. The number of hydrogen-bond donors (Lipinski definition) is 1. The second-order valence-corrected chi connectivity index (χ2v) is 10.4. The van der Waals surface area contributed by atoms with Crippen molar-refractivity contribution in [2.45, 2.75) is 32.4 Å². The molecule has 0 spiro atoms. The molecule has 9 heteroatoms. The van der Waals surface area contributed by atoms with E-state index in [1.807, 2.05) is 35.2 Å². The molecule has 0 radical (unpaired) electrons. The summed E-state index contributed by atoms with van der Waals surface area (Å²) in [4.78, 5) is 37.3. The molecule has 41 heavy (non-hydrogen) atoms. The molecule has 216 valence electrons. The molecule has 2 aromatic carbocycles. The van der Waals surface area contributed by atoms with Crippen LogP contribution < -0.4 is 19.7 Å². The molecule has 2 aliphatic heterocycles. The predicted octanol–water partition coefficient (Wildman–Crippen LogP) is 4.15. The third-order valence-electron chi connectivity index (χ3n) is 8.18. The first-order valence-corrected chi connectivity index (χ1v) is 14.3. The molecule has 1 saturated heterocycles. The Morgan fingerprint density at radius 3 is 2.46 bits per heavy atom. The van der Waals surface area contributed by atoms with E-state index in [2.05, 4.69) is 33.1 Å². The Bertz CT molecular complexity index is 1360. The number of anilines is 1. The number of amides is 2. The van der Waals surface area contributed by atoms with Gasteiger partial charge in [0.1, 0.15) is 0 Å². The standard InChI is InChI=1S/C32H39N5O4/c1-4-35-17-19-36(20-18-35)28-8-5-7-25-26(28)22-37(32(25)39)27(24-10-11-29(40-2)30(21-24)41-3)9-6-14-34-31(38)23-12-15-33-16-13-23/h5,7-8,10-13,15-16,21,27H,4,6,9,14,17-20,22H2,1-3H3,(H,34,38). The quantitative estimate of drug-likeness (QED) is 0.355. The molecule has 0 saturated carbocycles. The second-order valence-electron chi connectivity index (χ2n) is 10.4. The van der Waals surface area contributed by atoms with Gasteiger partial charge in [0.05, 0.1) is 20.3 Å². The molecule has 1 unspecified atom stereocenters. The number of ether oxygens (including phenoxy) is 2. The highest BCUT2D eigenvalue weighted by atomic mass is 16.5. The van der Waals surface area contributed by atoms with Crippen LogP contribution in [0.3, 0.4) is 0 Å². The van der Waals surface area contributed by atoms with E-state index in [1.54, 1.807) is 38.7 Å². The Hall–Kier alpha value is -4.11. The van der Waals surface area contributed by atoms with Gasteiger partial charge in [-0.3, -0.25) is 14.6 Å². The number of aromatic nitrogens is 1. The number of benzene rings is 2. The summed E-state index contributed by atoms with van der Waals surface area (Å²) >= 11 is 0. The number of piperazine rings is 1. The lowest BCUT2D eigenvalue weighted by Gasteiger charge is -2.36. The van der Waals surface area contributed by atoms with Crippen LogP contribution in [0, 0.1) is 0 Å². The van der Waals surface area contributed by atoms with Gasteiger partial charge in [0.25, 0.3) is 11.8 Å². The molecule has 3 heterocycles. The van der Waals surface area contributed by atoms with Crippen molar-refractivity contribution >= 4 is 17.5 Å². The molecule has 3 aromatic rings. The first kappa shape index (κ1) is 28.4. The zero-order valence-electron chi connectivity index (χ0n) is 24.1. The molecular weight excluding hydrogens is 518 g/mol. The van der Waals surface area contributed by atoms with Gasteiger partial charge in [-0.1, -0.05) is 19.1 Å². The Morgan fingerprint density at radius 1 is 1.00 bits per heavy atom. The lowest BCUT2D eigenvalue weighted by Crippen LogP contribution is -2.46. The zero-order valence-corrected chi connectivity index (χ0v) is 24.1. The maximum absolute atomic E-state index is 13.9. The summed E-state index contributed by atoms with van der Waals surface area (Å²) < 4.78 is 11.1. The molecule has 1 atom stereocenters. The molecule has 0 aliphatic carbocycles. The summed E-state index contributed by atoms with van der Waals surface area (Å²) in [5.74, 6) is 1.17. The van der Waals surface area contributed by atoms with Gasteiger partial charge in [0, 0.05) is 74.0 Å². The van der Waals surface area contributed by atoms with Crippen LogP contribution in [-0.2, 0) is 6.54 Å². The molecule has 5 rings (SSSR count). The summed E-state index contributed by atoms with van der Waals surface area (Å²) in [6.45, 7) is 8.25. The van der Waals surface area contributed by atoms with Gasteiger partial charge in [-0.05, 0) is 61.3 Å². The summed E-state index contributed by atoms with van der Waals surface area (Å²) in [6, 6.07) is 15.1. The number of carbonyl (C=O) groups is 2. The highest BCUT2D eigenvalue weighted by molar-refractivity contribution is 6.00. The molecule has 1 fully saturated rings. The smallest absolute Gasteiger partial charge is 0.255 e. The maximum atomic E-state index is 13.9. The third kappa shape index (κ3) is 6.15.